The lowest BCUT2D eigenvalue weighted by Gasteiger charge is -2.05. The Morgan fingerprint density at radius 1 is 1.55 bits per heavy atom. The Hall–Kier alpha value is -0.700. The number of nitrogens with one attached hydrogen (secondary N) is 1. The highest BCUT2D eigenvalue weighted by atomic mass is 16.2. The molecule has 0 bridgehead atoms. The van der Waals surface area contributed by atoms with E-state index in [2.05, 4.69) is 12.2 Å². The van der Waals surface area contributed by atoms with Crippen molar-refractivity contribution in [1.82, 2.24) is 5.32 Å². The third-order valence-corrected chi connectivity index (χ3v) is 1.88. The second kappa shape index (κ2) is 3.62. The lowest BCUT2D eigenvalue weighted by Crippen LogP contribution is -2.35. The Labute approximate surface area is 66.2 Å². The molecule has 1 saturated heterocycles. The molecular weight excluding hydrogens is 142 g/mol. The average Bonchev–Trinajstić information content (AvgIpc) is 2.53. The Bertz CT molecular complexity index is 171. The zero-order valence-electron chi connectivity index (χ0n) is 6.43. The highest BCUT2D eigenvalue weighted by molar-refractivity contribution is 6.39. The van der Waals surface area contributed by atoms with Gasteiger partial charge in [0.2, 0.25) is 5.78 Å². The molecule has 0 spiro atoms. The topological polar surface area (TPSA) is 46.2 Å². The van der Waals surface area contributed by atoms with Crippen molar-refractivity contribution in [3.63, 3.8) is 0 Å². The van der Waals surface area contributed by atoms with Gasteiger partial charge in [0.25, 0.3) is 0 Å². The molecule has 0 aromatic heterocycles. The van der Waals surface area contributed by atoms with Gasteiger partial charge in [-0.05, 0) is 26.3 Å². The molecule has 1 aliphatic rings. The normalized spacial score (nSPS) is 23.5. The van der Waals surface area contributed by atoms with E-state index in [1.54, 1.807) is 0 Å². The maximum atomic E-state index is 11.1. The molecule has 1 rings (SSSR count). The summed E-state index contributed by atoms with van der Waals surface area (Å²) in [5.74, 6) is -0.651. The quantitative estimate of drug-likeness (QED) is 0.586. The fourth-order valence-electron chi connectivity index (χ4n) is 1.23. The van der Waals surface area contributed by atoms with E-state index in [1.165, 1.54) is 0 Å². The molecule has 0 amide bonds. The summed E-state index contributed by atoms with van der Waals surface area (Å²) in [5, 5.41) is 2.97. The van der Waals surface area contributed by atoms with Crippen LogP contribution in [0, 0.1) is 6.92 Å². The van der Waals surface area contributed by atoms with E-state index < -0.39 is 0 Å². The van der Waals surface area contributed by atoms with Crippen LogP contribution in [0.3, 0.4) is 0 Å². The van der Waals surface area contributed by atoms with Crippen molar-refractivity contribution in [2.24, 2.45) is 0 Å². The van der Waals surface area contributed by atoms with E-state index in [9.17, 15) is 9.59 Å². The summed E-state index contributed by atoms with van der Waals surface area (Å²) in [6.07, 6.45) is 1.86. The predicted octanol–water partition coefficient (Wildman–Crippen LogP) is 0.101. The highest BCUT2D eigenvalue weighted by Crippen LogP contribution is 2.06. The van der Waals surface area contributed by atoms with Gasteiger partial charge in [-0.25, -0.2) is 0 Å². The Balaban J connectivity index is 2.46. The summed E-state index contributed by atoms with van der Waals surface area (Å²) < 4.78 is 0. The summed E-state index contributed by atoms with van der Waals surface area (Å²) in [6, 6.07) is -0.218. The molecule has 1 N–H and O–H groups in total. The number of rotatable bonds is 3. The van der Waals surface area contributed by atoms with E-state index in [0.717, 1.165) is 19.4 Å². The molecule has 1 unspecified atom stereocenters. The van der Waals surface area contributed by atoms with Crippen LogP contribution in [-0.4, -0.2) is 24.2 Å². The molecule has 1 aliphatic heterocycles. The minimum absolute atomic E-state index is 0.0804. The second-order valence-electron chi connectivity index (χ2n) is 2.69. The molecule has 1 atom stereocenters. The summed E-state index contributed by atoms with van der Waals surface area (Å²) in [6.45, 7) is 4.23. The lowest BCUT2D eigenvalue weighted by atomic mass is 10.1. The van der Waals surface area contributed by atoms with Crippen LogP contribution in [0.5, 0.6) is 0 Å². The molecule has 61 valence electrons. The minimum atomic E-state index is -0.357. The molecule has 0 saturated carbocycles. The van der Waals surface area contributed by atoms with Crippen molar-refractivity contribution in [3.8, 4) is 0 Å². The molecule has 11 heavy (non-hydrogen) atoms. The monoisotopic (exact) mass is 154 g/mol. The van der Waals surface area contributed by atoms with Gasteiger partial charge in [-0.1, -0.05) is 0 Å². The van der Waals surface area contributed by atoms with Crippen LogP contribution in [0.15, 0.2) is 0 Å². The van der Waals surface area contributed by atoms with Crippen LogP contribution >= 0.6 is 0 Å². The van der Waals surface area contributed by atoms with Gasteiger partial charge in [0.1, 0.15) is 0 Å². The highest BCUT2D eigenvalue weighted by Gasteiger charge is 2.25. The van der Waals surface area contributed by atoms with Gasteiger partial charge in [-0.3, -0.25) is 9.59 Å². The molecule has 1 fully saturated rings. The van der Waals surface area contributed by atoms with Gasteiger partial charge in [-0.15, -0.1) is 0 Å². The molecule has 1 radical (unpaired) electrons. The van der Waals surface area contributed by atoms with E-state index >= 15 is 0 Å². The zero-order chi connectivity index (χ0) is 8.27. The third-order valence-electron chi connectivity index (χ3n) is 1.88. The van der Waals surface area contributed by atoms with E-state index in [1.807, 2.05) is 0 Å². The number of ketones is 2. The summed E-state index contributed by atoms with van der Waals surface area (Å²) in [5.41, 5.74) is 0. The Morgan fingerprint density at radius 3 is 2.73 bits per heavy atom. The van der Waals surface area contributed by atoms with Crippen LogP contribution in [0.2, 0.25) is 0 Å². The van der Waals surface area contributed by atoms with Crippen molar-refractivity contribution in [3.05, 3.63) is 6.92 Å². The van der Waals surface area contributed by atoms with Crippen LogP contribution in [-0.2, 0) is 9.59 Å². The smallest absolute Gasteiger partial charge is 0.215 e. The van der Waals surface area contributed by atoms with Crippen molar-refractivity contribution in [2.75, 3.05) is 6.54 Å². The molecule has 3 nitrogen and oxygen atoms in total. The SMILES string of the molecule is [CH2]CC(=O)C(=O)C1CCCN1. The number of carbonyl (C=O) groups is 2. The molecule has 0 aromatic rings. The summed E-state index contributed by atoms with van der Waals surface area (Å²) >= 11 is 0. The van der Waals surface area contributed by atoms with Crippen LogP contribution in [0.25, 0.3) is 0 Å². The predicted molar refractivity (Wildman–Crippen MR) is 41.0 cm³/mol. The zero-order valence-corrected chi connectivity index (χ0v) is 6.43. The van der Waals surface area contributed by atoms with Gasteiger partial charge in [0.15, 0.2) is 5.78 Å². The number of carbonyl (C=O) groups excluding carboxylic acids is 2. The largest absolute Gasteiger partial charge is 0.307 e. The fraction of sp³-hybridized carbons (Fsp3) is 0.625. The lowest BCUT2D eigenvalue weighted by molar-refractivity contribution is -0.137. The van der Waals surface area contributed by atoms with Gasteiger partial charge in [-0.2, -0.15) is 0 Å². The van der Waals surface area contributed by atoms with E-state index in [0.29, 0.717) is 0 Å². The fourth-order valence-corrected chi connectivity index (χ4v) is 1.23. The van der Waals surface area contributed by atoms with Gasteiger partial charge in [0.05, 0.1) is 6.04 Å². The molecule has 3 heteroatoms. The maximum absolute atomic E-state index is 11.1. The van der Waals surface area contributed by atoms with Crippen LogP contribution in [0.4, 0.5) is 0 Å². The second-order valence-corrected chi connectivity index (χ2v) is 2.69. The number of hydrogen-bond acceptors (Lipinski definition) is 3. The molecule has 0 aromatic carbocycles. The van der Waals surface area contributed by atoms with Crippen molar-refractivity contribution in [1.29, 1.82) is 0 Å². The van der Waals surface area contributed by atoms with Crippen LogP contribution in [0.1, 0.15) is 19.3 Å². The first-order valence-electron chi connectivity index (χ1n) is 3.85. The first-order valence-corrected chi connectivity index (χ1v) is 3.85. The first-order chi connectivity index (χ1) is 5.25. The molecule has 0 aliphatic carbocycles. The standard InChI is InChI=1S/C8H12NO2/c1-2-7(10)8(11)6-4-3-5-9-6/h6,9H,1-5H2. The van der Waals surface area contributed by atoms with Crippen molar-refractivity contribution >= 4 is 11.6 Å². The molecular formula is C8H12NO2. The number of Topliss-reactive ketones (excluding diaryl/α,β-unsaturated/α-hetero) is 2. The van der Waals surface area contributed by atoms with E-state index in [-0.39, 0.29) is 24.0 Å². The summed E-state index contributed by atoms with van der Waals surface area (Å²) in [7, 11) is 0. The average molecular weight is 154 g/mol. The number of hydrogen-bond donors (Lipinski definition) is 1. The first kappa shape index (κ1) is 8.40. The van der Waals surface area contributed by atoms with Gasteiger partial charge in [0, 0.05) is 6.42 Å². The molecule has 1 heterocycles. The van der Waals surface area contributed by atoms with Gasteiger partial charge >= 0.3 is 0 Å². The third kappa shape index (κ3) is 1.87. The van der Waals surface area contributed by atoms with Crippen LogP contribution < -0.4 is 5.32 Å². The van der Waals surface area contributed by atoms with Crippen molar-refractivity contribution in [2.45, 2.75) is 25.3 Å². The van der Waals surface area contributed by atoms with Gasteiger partial charge < -0.3 is 5.32 Å². The van der Waals surface area contributed by atoms with Crippen molar-refractivity contribution < 1.29 is 9.59 Å². The Morgan fingerprint density at radius 2 is 2.27 bits per heavy atom. The van der Waals surface area contributed by atoms with E-state index in [4.69, 9.17) is 0 Å². The minimum Gasteiger partial charge on any atom is -0.307 e. The summed E-state index contributed by atoms with van der Waals surface area (Å²) in [4.78, 5) is 22.0. The Kier molecular flexibility index (Phi) is 2.76. The maximum Gasteiger partial charge on any atom is 0.215 e.